The number of nitro groups is 1. The zero-order chi connectivity index (χ0) is 27.4. The van der Waals surface area contributed by atoms with Crippen LogP contribution in [0.15, 0.2) is 61.3 Å². The van der Waals surface area contributed by atoms with Gasteiger partial charge in [-0.2, -0.15) is 5.10 Å². The molecule has 1 saturated heterocycles. The maximum atomic E-state index is 14.7. The van der Waals surface area contributed by atoms with Gasteiger partial charge in [-0.25, -0.2) is 23.1 Å². The first-order chi connectivity index (χ1) is 18.8. The molecule has 2 aromatic heterocycles. The smallest absolute Gasteiger partial charge is 0.269 e. The van der Waals surface area contributed by atoms with Crippen molar-refractivity contribution in [3.8, 4) is 0 Å². The maximum absolute atomic E-state index is 14.7. The van der Waals surface area contributed by atoms with E-state index in [2.05, 4.69) is 25.3 Å². The van der Waals surface area contributed by atoms with Crippen molar-refractivity contribution in [1.82, 2.24) is 39.6 Å². The molecule has 2 aromatic carbocycles. The molecule has 1 aliphatic heterocycles. The summed E-state index contributed by atoms with van der Waals surface area (Å²) in [6.07, 6.45) is 4.59. The first-order valence-electron chi connectivity index (χ1n) is 12.3. The number of piperazine rings is 1. The van der Waals surface area contributed by atoms with Crippen molar-refractivity contribution in [3.05, 3.63) is 99.9 Å². The van der Waals surface area contributed by atoms with Crippen molar-refractivity contribution in [2.45, 2.75) is 25.2 Å². The van der Waals surface area contributed by atoms with Crippen molar-refractivity contribution in [2.24, 2.45) is 0 Å². The van der Waals surface area contributed by atoms with Crippen molar-refractivity contribution >= 4 is 5.69 Å². The summed E-state index contributed by atoms with van der Waals surface area (Å²) >= 11 is 0. The van der Waals surface area contributed by atoms with E-state index in [1.54, 1.807) is 16.8 Å². The minimum atomic E-state index is -1.65. The van der Waals surface area contributed by atoms with Gasteiger partial charge in [0, 0.05) is 63.0 Å². The van der Waals surface area contributed by atoms with Crippen LogP contribution in [-0.2, 0) is 25.2 Å². The highest BCUT2D eigenvalue weighted by atomic mass is 19.1. The summed E-state index contributed by atoms with van der Waals surface area (Å²) in [5.41, 5.74) is -0.0958. The fourth-order valence-electron chi connectivity index (χ4n) is 4.82. The molecule has 1 fully saturated rings. The standard InChI is InChI=1S/C25H27F2N9O3/c26-20-4-5-23(24(27)11-20)25(37,16-35-18-28-17-29-35)15-33-8-6-32(7-9-33)13-21-14-34(31-30-21)12-19-2-1-3-22(10-19)36(38)39/h1-5,10-11,14,17-18,37H,6-9,12-13,15-16H2. The SMILES string of the molecule is O=[N+]([O-])c1cccc(Cn2cc(CN3CCN(CC(O)(Cn4cncn4)c4ccc(F)cc4F)CC3)nn2)c1. The predicted molar refractivity (Wildman–Crippen MR) is 134 cm³/mol. The molecule has 204 valence electrons. The lowest BCUT2D eigenvalue weighted by Gasteiger charge is -2.39. The lowest BCUT2D eigenvalue weighted by molar-refractivity contribution is -0.384. The zero-order valence-corrected chi connectivity index (χ0v) is 21.0. The van der Waals surface area contributed by atoms with E-state index < -0.39 is 22.2 Å². The van der Waals surface area contributed by atoms with Crippen LogP contribution < -0.4 is 0 Å². The molecule has 12 nitrogen and oxygen atoms in total. The average Bonchev–Trinajstić information content (AvgIpc) is 3.57. The Morgan fingerprint density at radius 3 is 2.51 bits per heavy atom. The topological polar surface area (TPSA) is 131 Å². The normalized spacial score (nSPS) is 16.3. The summed E-state index contributed by atoms with van der Waals surface area (Å²) in [6.45, 7) is 3.62. The van der Waals surface area contributed by atoms with Crippen LogP contribution in [0.5, 0.6) is 0 Å². The van der Waals surface area contributed by atoms with Gasteiger partial charge in [-0.3, -0.25) is 19.9 Å². The van der Waals surface area contributed by atoms with E-state index in [1.807, 2.05) is 11.1 Å². The Balaban J connectivity index is 1.19. The van der Waals surface area contributed by atoms with Crippen LogP contribution in [-0.4, -0.2) is 82.3 Å². The molecule has 0 aliphatic carbocycles. The van der Waals surface area contributed by atoms with Gasteiger partial charge in [-0.1, -0.05) is 23.4 Å². The number of rotatable bonds is 10. The highest BCUT2D eigenvalue weighted by Gasteiger charge is 2.36. The fourth-order valence-corrected chi connectivity index (χ4v) is 4.82. The van der Waals surface area contributed by atoms with Crippen molar-refractivity contribution in [2.75, 3.05) is 32.7 Å². The molecule has 0 amide bonds. The predicted octanol–water partition coefficient (Wildman–Crippen LogP) is 1.81. The van der Waals surface area contributed by atoms with Crippen LogP contribution in [0.25, 0.3) is 0 Å². The second-order valence-electron chi connectivity index (χ2n) is 9.64. The van der Waals surface area contributed by atoms with Gasteiger partial charge in [0.05, 0.1) is 29.9 Å². The molecule has 0 radical (unpaired) electrons. The highest BCUT2D eigenvalue weighted by molar-refractivity contribution is 5.34. The van der Waals surface area contributed by atoms with Crippen LogP contribution in [0.4, 0.5) is 14.5 Å². The van der Waals surface area contributed by atoms with E-state index in [-0.39, 0.29) is 24.3 Å². The molecule has 1 N–H and O–H groups in total. The number of aliphatic hydroxyl groups is 1. The van der Waals surface area contributed by atoms with Crippen LogP contribution in [0.2, 0.25) is 0 Å². The summed E-state index contributed by atoms with van der Waals surface area (Å²) in [5, 5.41) is 35.0. The Labute approximate surface area is 222 Å². The Morgan fingerprint density at radius 1 is 1.00 bits per heavy atom. The maximum Gasteiger partial charge on any atom is 0.269 e. The summed E-state index contributed by atoms with van der Waals surface area (Å²) < 4.78 is 31.3. The molecule has 5 rings (SSSR count). The number of nitrogens with zero attached hydrogens (tertiary/aromatic N) is 9. The molecule has 0 bridgehead atoms. The molecule has 1 atom stereocenters. The second-order valence-corrected chi connectivity index (χ2v) is 9.64. The quantitative estimate of drug-likeness (QED) is 0.237. The number of benzene rings is 2. The molecule has 0 saturated carbocycles. The monoisotopic (exact) mass is 539 g/mol. The third kappa shape index (κ3) is 6.47. The molecule has 14 heteroatoms. The Hall–Kier alpha value is -4.14. The first-order valence-corrected chi connectivity index (χ1v) is 12.3. The molecule has 3 heterocycles. The van der Waals surface area contributed by atoms with E-state index in [4.69, 9.17) is 0 Å². The Morgan fingerprint density at radius 2 is 1.79 bits per heavy atom. The molecule has 1 aliphatic rings. The van der Waals surface area contributed by atoms with E-state index in [1.165, 1.54) is 35.5 Å². The van der Waals surface area contributed by atoms with E-state index in [0.29, 0.717) is 39.3 Å². The molecule has 39 heavy (non-hydrogen) atoms. The van der Waals surface area contributed by atoms with Gasteiger partial charge in [0.1, 0.15) is 29.9 Å². The van der Waals surface area contributed by atoms with Gasteiger partial charge < -0.3 is 5.11 Å². The van der Waals surface area contributed by atoms with Gasteiger partial charge in [0.25, 0.3) is 5.69 Å². The number of halogens is 2. The average molecular weight is 540 g/mol. The van der Waals surface area contributed by atoms with Gasteiger partial charge in [-0.15, -0.1) is 5.10 Å². The van der Waals surface area contributed by atoms with Gasteiger partial charge in [0.15, 0.2) is 0 Å². The third-order valence-corrected chi connectivity index (χ3v) is 6.71. The second kappa shape index (κ2) is 11.3. The van der Waals surface area contributed by atoms with Crippen LogP contribution in [0, 0.1) is 21.7 Å². The molecule has 1 unspecified atom stereocenters. The summed E-state index contributed by atoms with van der Waals surface area (Å²) in [7, 11) is 0. The van der Waals surface area contributed by atoms with E-state index in [9.17, 15) is 24.0 Å². The summed E-state index contributed by atoms with van der Waals surface area (Å²) in [5.74, 6) is -1.53. The van der Waals surface area contributed by atoms with Crippen LogP contribution >= 0.6 is 0 Å². The Kier molecular flexibility index (Phi) is 7.67. The number of hydrogen-bond acceptors (Lipinski definition) is 9. The molecule has 0 spiro atoms. The highest BCUT2D eigenvalue weighted by Crippen LogP contribution is 2.28. The number of β-amino-alcohol motifs (C(OH)–C–C–N with tert-alkyl or cyclic N) is 1. The van der Waals surface area contributed by atoms with Crippen LogP contribution in [0.3, 0.4) is 0 Å². The van der Waals surface area contributed by atoms with Gasteiger partial charge in [-0.05, 0) is 11.6 Å². The van der Waals surface area contributed by atoms with Crippen molar-refractivity contribution < 1.29 is 18.8 Å². The number of non-ortho nitro benzene ring substituents is 1. The van der Waals surface area contributed by atoms with Gasteiger partial charge in [0.2, 0.25) is 0 Å². The summed E-state index contributed by atoms with van der Waals surface area (Å²) in [4.78, 5) is 18.7. The third-order valence-electron chi connectivity index (χ3n) is 6.71. The fraction of sp³-hybridized carbons (Fsp3) is 0.360. The number of aromatic nitrogens is 6. The lowest BCUT2D eigenvalue weighted by atomic mass is 9.92. The largest absolute Gasteiger partial charge is 0.382 e. The van der Waals surface area contributed by atoms with Crippen molar-refractivity contribution in [3.63, 3.8) is 0 Å². The minimum Gasteiger partial charge on any atom is -0.382 e. The molecule has 4 aromatic rings. The van der Waals surface area contributed by atoms with E-state index >= 15 is 0 Å². The summed E-state index contributed by atoms with van der Waals surface area (Å²) in [6, 6.07) is 9.58. The number of nitro benzene ring substituents is 1. The molecular formula is C25H27F2N9O3. The van der Waals surface area contributed by atoms with Crippen LogP contribution in [0.1, 0.15) is 16.8 Å². The Bertz CT molecular complexity index is 1420. The molecular weight excluding hydrogens is 512 g/mol. The minimum absolute atomic E-state index is 0.00203. The lowest BCUT2D eigenvalue weighted by Crippen LogP contribution is -2.52. The number of hydrogen-bond donors (Lipinski definition) is 1. The van der Waals surface area contributed by atoms with Crippen molar-refractivity contribution in [1.29, 1.82) is 0 Å². The first kappa shape index (κ1) is 26.5. The van der Waals surface area contributed by atoms with E-state index in [0.717, 1.165) is 23.4 Å². The van der Waals surface area contributed by atoms with Gasteiger partial charge >= 0.3 is 0 Å². The zero-order valence-electron chi connectivity index (χ0n) is 21.0.